The number of hydrogen-bond donors (Lipinski definition) is 2. The number of aromatic carboxylic acids is 1. The first-order valence-electron chi connectivity index (χ1n) is 6.23. The van der Waals surface area contributed by atoms with Crippen LogP contribution in [-0.4, -0.2) is 37.9 Å². The number of aromatic nitrogens is 1. The molecule has 0 fully saturated rings. The molecule has 2 rings (SSSR count). The topological polar surface area (TPSA) is 123 Å². The van der Waals surface area contributed by atoms with Crippen LogP contribution in [0.1, 0.15) is 20.7 Å². The Morgan fingerprint density at radius 3 is 2.48 bits per heavy atom. The minimum Gasteiger partial charge on any atom is -0.480 e. The van der Waals surface area contributed by atoms with Gasteiger partial charge in [0.25, 0.3) is 10.0 Å². The number of nitrogens with zero attached hydrogens (tertiary/aromatic N) is 1. The number of aldehydes is 1. The fourth-order valence-corrected chi connectivity index (χ4v) is 2.80. The van der Waals surface area contributed by atoms with Crippen LogP contribution in [0, 0.1) is 0 Å². The Bertz CT molecular complexity index is 846. The Hall–Kier alpha value is -2.94. The fraction of sp³-hybridized carbons (Fsp3) is 0.0714. The van der Waals surface area contributed by atoms with Crippen molar-refractivity contribution in [2.75, 3.05) is 11.8 Å². The largest absolute Gasteiger partial charge is 0.480 e. The summed E-state index contributed by atoms with van der Waals surface area (Å²) in [6.45, 7) is 0. The molecule has 1 heterocycles. The van der Waals surface area contributed by atoms with Gasteiger partial charge in [0.05, 0.1) is 17.6 Å². The Morgan fingerprint density at radius 1 is 1.30 bits per heavy atom. The van der Waals surface area contributed by atoms with Gasteiger partial charge < -0.3 is 9.84 Å². The maximum Gasteiger partial charge on any atom is 0.335 e. The van der Waals surface area contributed by atoms with E-state index in [0.717, 1.165) is 12.1 Å². The summed E-state index contributed by atoms with van der Waals surface area (Å²) < 4.78 is 31.8. The molecule has 2 N–H and O–H groups in total. The van der Waals surface area contributed by atoms with Crippen molar-refractivity contribution in [1.29, 1.82) is 0 Å². The van der Waals surface area contributed by atoms with Gasteiger partial charge in [0, 0.05) is 11.8 Å². The summed E-state index contributed by atoms with van der Waals surface area (Å²) in [4.78, 5) is 25.3. The summed E-state index contributed by atoms with van der Waals surface area (Å²) in [7, 11) is -2.68. The third kappa shape index (κ3) is 3.64. The lowest BCUT2D eigenvalue weighted by molar-refractivity contribution is 0.0696. The second-order valence-electron chi connectivity index (χ2n) is 4.38. The number of ether oxygens (including phenoxy) is 1. The third-order valence-corrected chi connectivity index (χ3v) is 4.24. The van der Waals surface area contributed by atoms with Crippen LogP contribution in [0.2, 0.25) is 0 Å². The predicted octanol–water partition coefficient (Wildman–Crippen LogP) is 1.40. The fourth-order valence-electron chi connectivity index (χ4n) is 1.75. The third-order valence-electron chi connectivity index (χ3n) is 2.86. The number of carbonyl (C=O) groups is 2. The standard InChI is InChI=1S/C14H12N2O6S/c1-22-13-12(6-9(8-17)7-15-13)16-23(20,21)11-4-2-10(3-5-11)14(18)19/h2-8,16H,1H3,(H,18,19). The van der Waals surface area contributed by atoms with Crippen LogP contribution in [0.3, 0.4) is 0 Å². The zero-order valence-electron chi connectivity index (χ0n) is 11.9. The van der Waals surface area contributed by atoms with Gasteiger partial charge in [0.2, 0.25) is 5.88 Å². The molecule has 0 aliphatic heterocycles. The van der Waals surface area contributed by atoms with Crippen molar-refractivity contribution in [3.8, 4) is 5.88 Å². The quantitative estimate of drug-likeness (QED) is 0.764. The van der Waals surface area contributed by atoms with E-state index in [4.69, 9.17) is 9.84 Å². The summed E-state index contributed by atoms with van der Waals surface area (Å²) in [5, 5.41) is 8.82. The average Bonchev–Trinajstić information content (AvgIpc) is 2.54. The monoisotopic (exact) mass is 336 g/mol. The number of anilines is 1. The molecule has 0 aliphatic rings. The number of sulfonamides is 1. The number of hydrogen-bond acceptors (Lipinski definition) is 6. The summed E-state index contributed by atoms with van der Waals surface area (Å²) in [5.41, 5.74) is 0.135. The first-order valence-corrected chi connectivity index (χ1v) is 7.71. The van der Waals surface area contributed by atoms with Crippen molar-refractivity contribution in [1.82, 2.24) is 4.98 Å². The van der Waals surface area contributed by atoms with E-state index in [0.29, 0.717) is 6.29 Å². The minimum absolute atomic E-state index is 0.000545. The average molecular weight is 336 g/mol. The summed E-state index contributed by atoms with van der Waals surface area (Å²) in [5.74, 6) is -1.16. The van der Waals surface area contributed by atoms with E-state index in [1.807, 2.05) is 0 Å². The van der Waals surface area contributed by atoms with E-state index in [2.05, 4.69) is 9.71 Å². The molecule has 9 heteroatoms. The van der Waals surface area contributed by atoms with Crippen LogP contribution >= 0.6 is 0 Å². The van der Waals surface area contributed by atoms with Crippen molar-refractivity contribution < 1.29 is 27.9 Å². The van der Waals surface area contributed by atoms with E-state index in [-0.39, 0.29) is 27.6 Å². The highest BCUT2D eigenvalue weighted by Crippen LogP contribution is 2.25. The number of carboxylic acid groups (broad SMARTS) is 1. The SMILES string of the molecule is COc1ncc(C=O)cc1NS(=O)(=O)c1ccc(C(=O)O)cc1. The number of pyridine rings is 1. The van der Waals surface area contributed by atoms with Gasteiger partial charge >= 0.3 is 5.97 Å². The minimum atomic E-state index is -3.99. The molecule has 0 saturated carbocycles. The molecule has 1 aromatic carbocycles. The van der Waals surface area contributed by atoms with Gasteiger partial charge in [-0.15, -0.1) is 0 Å². The Labute approximate surface area is 131 Å². The van der Waals surface area contributed by atoms with Crippen molar-refractivity contribution in [2.45, 2.75) is 4.90 Å². The summed E-state index contributed by atoms with van der Waals surface area (Å²) in [6.07, 6.45) is 1.76. The number of nitrogens with one attached hydrogen (secondary N) is 1. The van der Waals surface area contributed by atoms with Crippen molar-refractivity contribution in [3.63, 3.8) is 0 Å². The molecule has 0 atom stereocenters. The molecule has 0 aliphatic carbocycles. The number of methoxy groups -OCH3 is 1. The summed E-state index contributed by atoms with van der Waals surface area (Å²) >= 11 is 0. The van der Waals surface area contributed by atoms with E-state index >= 15 is 0 Å². The lowest BCUT2D eigenvalue weighted by Gasteiger charge is -2.11. The Kier molecular flexibility index (Phi) is 4.60. The van der Waals surface area contributed by atoms with Crippen LogP contribution < -0.4 is 9.46 Å². The van der Waals surface area contributed by atoms with Crippen molar-refractivity contribution in [3.05, 3.63) is 47.7 Å². The van der Waals surface area contributed by atoms with Crippen LogP contribution in [-0.2, 0) is 10.0 Å². The smallest absolute Gasteiger partial charge is 0.335 e. The highest BCUT2D eigenvalue weighted by Gasteiger charge is 2.18. The molecule has 0 amide bonds. The molecule has 23 heavy (non-hydrogen) atoms. The Morgan fingerprint density at radius 2 is 1.96 bits per heavy atom. The molecular formula is C14H12N2O6S. The van der Waals surface area contributed by atoms with Crippen molar-refractivity contribution in [2.24, 2.45) is 0 Å². The number of benzene rings is 1. The van der Waals surface area contributed by atoms with Crippen LogP contribution in [0.25, 0.3) is 0 Å². The van der Waals surface area contributed by atoms with Crippen LogP contribution in [0.5, 0.6) is 5.88 Å². The zero-order valence-corrected chi connectivity index (χ0v) is 12.7. The number of carbonyl (C=O) groups excluding carboxylic acids is 1. The van der Waals surface area contributed by atoms with Crippen LogP contribution in [0.4, 0.5) is 5.69 Å². The van der Waals surface area contributed by atoms with Gasteiger partial charge in [0.1, 0.15) is 5.69 Å². The van der Waals surface area contributed by atoms with Gasteiger partial charge in [0.15, 0.2) is 6.29 Å². The molecule has 1 aromatic heterocycles. The molecule has 0 bridgehead atoms. The van der Waals surface area contributed by atoms with Gasteiger partial charge in [-0.2, -0.15) is 0 Å². The molecule has 0 saturated heterocycles. The highest BCUT2D eigenvalue weighted by molar-refractivity contribution is 7.92. The zero-order chi connectivity index (χ0) is 17.0. The second-order valence-corrected chi connectivity index (χ2v) is 6.06. The van der Waals surface area contributed by atoms with E-state index < -0.39 is 16.0 Å². The first-order chi connectivity index (χ1) is 10.9. The van der Waals surface area contributed by atoms with Crippen LogP contribution in [0.15, 0.2) is 41.4 Å². The second kappa shape index (κ2) is 6.44. The molecule has 120 valence electrons. The molecule has 2 aromatic rings. The molecule has 0 unspecified atom stereocenters. The highest BCUT2D eigenvalue weighted by atomic mass is 32.2. The lowest BCUT2D eigenvalue weighted by atomic mass is 10.2. The number of carboxylic acids is 1. The van der Waals surface area contributed by atoms with E-state index in [9.17, 15) is 18.0 Å². The van der Waals surface area contributed by atoms with Gasteiger partial charge in [-0.1, -0.05) is 0 Å². The maximum absolute atomic E-state index is 12.3. The molecule has 0 spiro atoms. The van der Waals surface area contributed by atoms with Crippen molar-refractivity contribution >= 4 is 28.0 Å². The van der Waals surface area contributed by atoms with E-state index in [1.54, 1.807) is 0 Å². The molecule has 0 radical (unpaired) electrons. The van der Waals surface area contributed by atoms with Gasteiger partial charge in [-0.25, -0.2) is 18.2 Å². The van der Waals surface area contributed by atoms with Gasteiger partial charge in [-0.3, -0.25) is 9.52 Å². The molecule has 8 nitrogen and oxygen atoms in total. The maximum atomic E-state index is 12.3. The predicted molar refractivity (Wildman–Crippen MR) is 80.4 cm³/mol. The van der Waals surface area contributed by atoms with Gasteiger partial charge in [-0.05, 0) is 30.3 Å². The van der Waals surface area contributed by atoms with E-state index in [1.165, 1.54) is 31.5 Å². The Balaban J connectivity index is 2.37. The normalized spacial score (nSPS) is 10.8. The summed E-state index contributed by atoms with van der Waals surface area (Å²) in [6, 6.07) is 5.95. The first kappa shape index (κ1) is 16.4. The lowest BCUT2D eigenvalue weighted by Crippen LogP contribution is -2.14. The molecular weight excluding hydrogens is 324 g/mol. The number of rotatable bonds is 6.